The van der Waals surface area contributed by atoms with Crippen molar-refractivity contribution in [1.82, 2.24) is 19.2 Å². The summed E-state index contributed by atoms with van der Waals surface area (Å²) in [6.45, 7) is 7.61. The monoisotopic (exact) mass is 390 g/mol. The van der Waals surface area contributed by atoms with Crippen molar-refractivity contribution in [3.8, 4) is 22.7 Å². The summed E-state index contributed by atoms with van der Waals surface area (Å²) in [6.07, 6.45) is 3.28. The molecule has 4 aromatic rings. The van der Waals surface area contributed by atoms with Crippen LogP contribution in [0.5, 0.6) is 5.75 Å². The Kier molecular flexibility index (Phi) is 4.72. The Morgan fingerprint density at radius 3 is 2.69 bits per heavy atom. The van der Waals surface area contributed by atoms with Gasteiger partial charge in [-0.25, -0.2) is 14.1 Å². The van der Waals surface area contributed by atoms with Crippen LogP contribution in [0.25, 0.3) is 22.6 Å². The smallest absolute Gasteiger partial charge is 0.267 e. The quantitative estimate of drug-likeness (QED) is 0.486. The molecule has 29 heavy (non-hydrogen) atoms. The molecular formula is C22H19FN4O2. The molecule has 4 rings (SSSR count). The molecule has 146 valence electrons. The second-order valence-corrected chi connectivity index (χ2v) is 6.60. The van der Waals surface area contributed by atoms with Crippen molar-refractivity contribution in [2.45, 2.75) is 13.8 Å². The normalized spacial score (nSPS) is 11.0. The minimum atomic E-state index is -0.318. The Balaban J connectivity index is 1.87. The van der Waals surface area contributed by atoms with Crippen LogP contribution in [0.4, 0.5) is 4.39 Å². The van der Waals surface area contributed by atoms with Crippen LogP contribution in [0.3, 0.4) is 0 Å². The Hall–Kier alpha value is -3.74. The zero-order valence-electron chi connectivity index (χ0n) is 16.1. The number of fused-ring (bicyclic) bond motifs is 1. The number of ether oxygens (including phenoxy) is 1. The van der Waals surface area contributed by atoms with E-state index in [9.17, 15) is 9.18 Å². The Morgan fingerprint density at radius 1 is 1.21 bits per heavy atom. The molecule has 0 aliphatic carbocycles. The highest BCUT2D eigenvalue weighted by molar-refractivity contribution is 5.65. The van der Waals surface area contributed by atoms with Gasteiger partial charge in [0.2, 0.25) is 0 Å². The van der Waals surface area contributed by atoms with E-state index in [1.165, 1.54) is 16.5 Å². The molecule has 0 fully saturated rings. The molecule has 7 heteroatoms. The second kappa shape index (κ2) is 7.35. The number of aryl methyl sites for hydroxylation is 2. The molecule has 0 radical (unpaired) electrons. The number of nitrogens with zero attached hydrogens (tertiary/aromatic N) is 4. The third kappa shape index (κ3) is 3.31. The Morgan fingerprint density at radius 2 is 1.97 bits per heavy atom. The maximum atomic E-state index is 13.2. The van der Waals surface area contributed by atoms with Gasteiger partial charge in [0.1, 0.15) is 18.1 Å². The predicted molar refractivity (Wildman–Crippen MR) is 109 cm³/mol. The molecule has 0 saturated carbocycles. The molecule has 3 aromatic heterocycles. The van der Waals surface area contributed by atoms with Gasteiger partial charge in [0, 0.05) is 11.9 Å². The van der Waals surface area contributed by atoms with Gasteiger partial charge in [-0.3, -0.25) is 9.20 Å². The van der Waals surface area contributed by atoms with E-state index in [2.05, 4.69) is 16.7 Å². The Bertz CT molecular complexity index is 1270. The van der Waals surface area contributed by atoms with Gasteiger partial charge >= 0.3 is 0 Å². The highest BCUT2D eigenvalue weighted by atomic mass is 19.1. The average molecular weight is 390 g/mol. The maximum Gasteiger partial charge on any atom is 0.267 e. The zero-order chi connectivity index (χ0) is 20.5. The van der Waals surface area contributed by atoms with Gasteiger partial charge in [0.25, 0.3) is 5.56 Å². The molecule has 0 amide bonds. The van der Waals surface area contributed by atoms with Crippen molar-refractivity contribution in [2.24, 2.45) is 0 Å². The van der Waals surface area contributed by atoms with E-state index < -0.39 is 0 Å². The van der Waals surface area contributed by atoms with Crippen LogP contribution in [0.15, 0.2) is 66.1 Å². The maximum absolute atomic E-state index is 13.2. The molecule has 0 N–H and O–H groups in total. The van der Waals surface area contributed by atoms with E-state index in [4.69, 9.17) is 4.74 Å². The number of aromatic nitrogens is 4. The van der Waals surface area contributed by atoms with Gasteiger partial charge in [-0.05, 0) is 56.3 Å². The summed E-state index contributed by atoms with van der Waals surface area (Å²) < 4.78 is 22.0. The highest BCUT2D eigenvalue weighted by Crippen LogP contribution is 2.24. The van der Waals surface area contributed by atoms with E-state index in [1.807, 2.05) is 13.0 Å². The molecule has 0 saturated heterocycles. The predicted octanol–water partition coefficient (Wildman–Crippen LogP) is 3.87. The van der Waals surface area contributed by atoms with Crippen LogP contribution in [0.1, 0.15) is 11.4 Å². The van der Waals surface area contributed by atoms with E-state index in [0.29, 0.717) is 40.6 Å². The third-order valence-corrected chi connectivity index (χ3v) is 4.57. The zero-order valence-corrected chi connectivity index (χ0v) is 16.1. The Labute approximate surface area is 166 Å². The molecule has 0 aliphatic heterocycles. The summed E-state index contributed by atoms with van der Waals surface area (Å²) in [5.41, 5.74) is 3.20. The molecular weight excluding hydrogens is 371 g/mol. The van der Waals surface area contributed by atoms with Gasteiger partial charge in [-0.2, -0.15) is 5.10 Å². The third-order valence-electron chi connectivity index (χ3n) is 4.57. The standard InChI is InChI=1S/C22H19FN4O2/c1-4-12-29-19-6-5-11-26-21(19)24-15(3)20(22(26)28)18-13-14(2)27(25-18)17-9-7-16(23)8-10-17/h4-11,13H,1,12H2,2-3H3. The fourth-order valence-electron chi connectivity index (χ4n) is 3.24. The second-order valence-electron chi connectivity index (χ2n) is 6.60. The van der Waals surface area contributed by atoms with Crippen molar-refractivity contribution < 1.29 is 9.13 Å². The number of halogens is 1. The first-order valence-electron chi connectivity index (χ1n) is 9.08. The van der Waals surface area contributed by atoms with Crippen LogP contribution in [-0.2, 0) is 0 Å². The first kappa shape index (κ1) is 18.6. The average Bonchev–Trinajstić information content (AvgIpc) is 3.08. The summed E-state index contributed by atoms with van der Waals surface area (Å²) in [6, 6.07) is 11.3. The number of hydrogen-bond acceptors (Lipinski definition) is 4. The van der Waals surface area contributed by atoms with E-state index in [0.717, 1.165) is 5.69 Å². The molecule has 6 nitrogen and oxygen atoms in total. The largest absolute Gasteiger partial charge is 0.486 e. The van der Waals surface area contributed by atoms with Crippen LogP contribution in [-0.4, -0.2) is 25.8 Å². The van der Waals surface area contributed by atoms with Gasteiger partial charge in [-0.1, -0.05) is 12.7 Å². The topological polar surface area (TPSA) is 61.4 Å². The highest BCUT2D eigenvalue weighted by Gasteiger charge is 2.18. The first-order valence-corrected chi connectivity index (χ1v) is 9.08. The van der Waals surface area contributed by atoms with Crippen molar-refractivity contribution in [3.05, 3.63) is 88.9 Å². The van der Waals surface area contributed by atoms with E-state index in [-0.39, 0.29) is 11.4 Å². The van der Waals surface area contributed by atoms with Crippen LogP contribution < -0.4 is 10.3 Å². The van der Waals surface area contributed by atoms with Crippen molar-refractivity contribution in [1.29, 1.82) is 0 Å². The van der Waals surface area contributed by atoms with Crippen LogP contribution >= 0.6 is 0 Å². The van der Waals surface area contributed by atoms with Crippen LogP contribution in [0.2, 0.25) is 0 Å². The van der Waals surface area contributed by atoms with Crippen LogP contribution in [0, 0.1) is 19.7 Å². The van der Waals surface area contributed by atoms with E-state index in [1.54, 1.807) is 48.1 Å². The summed E-state index contributed by atoms with van der Waals surface area (Å²) >= 11 is 0. The lowest BCUT2D eigenvalue weighted by molar-refractivity contribution is 0.365. The lowest BCUT2D eigenvalue weighted by Gasteiger charge is -2.10. The number of hydrogen-bond donors (Lipinski definition) is 0. The van der Waals surface area contributed by atoms with Gasteiger partial charge < -0.3 is 4.74 Å². The van der Waals surface area contributed by atoms with Crippen molar-refractivity contribution >= 4 is 5.65 Å². The molecule has 0 aliphatic rings. The summed E-state index contributed by atoms with van der Waals surface area (Å²) in [7, 11) is 0. The molecule has 1 aromatic carbocycles. The number of benzene rings is 1. The van der Waals surface area contributed by atoms with Gasteiger partial charge in [-0.15, -0.1) is 0 Å². The molecule has 0 unspecified atom stereocenters. The summed E-state index contributed by atoms with van der Waals surface area (Å²) in [5.74, 6) is 0.188. The summed E-state index contributed by atoms with van der Waals surface area (Å²) in [4.78, 5) is 17.8. The SMILES string of the molecule is C=CCOc1cccn2c(=O)c(-c3cc(C)n(-c4ccc(F)cc4)n3)c(C)nc12. The van der Waals surface area contributed by atoms with Crippen molar-refractivity contribution in [2.75, 3.05) is 6.61 Å². The number of rotatable bonds is 5. The summed E-state index contributed by atoms with van der Waals surface area (Å²) in [5, 5.41) is 4.58. The molecule has 0 bridgehead atoms. The lowest BCUT2D eigenvalue weighted by Crippen LogP contribution is -2.19. The first-order chi connectivity index (χ1) is 14.0. The molecule has 0 spiro atoms. The molecule has 0 atom stereocenters. The minimum absolute atomic E-state index is 0.236. The fourth-order valence-corrected chi connectivity index (χ4v) is 3.24. The number of pyridine rings is 1. The van der Waals surface area contributed by atoms with Crippen molar-refractivity contribution in [3.63, 3.8) is 0 Å². The fraction of sp³-hybridized carbons (Fsp3) is 0.136. The van der Waals surface area contributed by atoms with Gasteiger partial charge in [0.15, 0.2) is 11.4 Å². The molecule has 3 heterocycles. The van der Waals surface area contributed by atoms with Gasteiger partial charge in [0.05, 0.1) is 16.9 Å². The lowest BCUT2D eigenvalue weighted by atomic mass is 10.1. The minimum Gasteiger partial charge on any atom is -0.486 e. The van der Waals surface area contributed by atoms with E-state index >= 15 is 0 Å².